The van der Waals surface area contributed by atoms with Gasteiger partial charge in [0.05, 0.1) is 17.7 Å². The van der Waals surface area contributed by atoms with E-state index in [9.17, 15) is 9.90 Å². The summed E-state index contributed by atoms with van der Waals surface area (Å²) < 4.78 is 0. The van der Waals surface area contributed by atoms with E-state index in [-0.39, 0.29) is 12.5 Å². The van der Waals surface area contributed by atoms with Gasteiger partial charge in [0.1, 0.15) is 4.88 Å². The molecule has 3 nitrogen and oxygen atoms in total. The van der Waals surface area contributed by atoms with Gasteiger partial charge in [-0.3, -0.25) is 4.79 Å². The lowest BCUT2D eigenvalue weighted by atomic mass is 10.1. The molecular weight excluding hydrogens is 282 g/mol. The summed E-state index contributed by atoms with van der Waals surface area (Å²) in [5, 5.41) is 14.5. The molecule has 0 saturated heterocycles. The molecule has 0 aliphatic carbocycles. The zero-order valence-electron chi connectivity index (χ0n) is 10.4. The lowest BCUT2D eigenvalue weighted by Gasteiger charge is -2.16. The van der Waals surface area contributed by atoms with Crippen LogP contribution in [0.1, 0.15) is 26.8 Å². The fraction of sp³-hybridized carbons (Fsp3) is 0.214. The number of halogens is 1. The summed E-state index contributed by atoms with van der Waals surface area (Å²) >= 11 is 7.37. The molecule has 1 amide bonds. The molecule has 0 saturated carbocycles. The number of rotatable bonds is 4. The van der Waals surface area contributed by atoms with E-state index in [0.29, 0.717) is 9.90 Å². The van der Waals surface area contributed by atoms with Gasteiger partial charge < -0.3 is 10.4 Å². The molecule has 100 valence electrons. The predicted octanol–water partition coefficient (Wildman–Crippen LogP) is 3.17. The summed E-state index contributed by atoms with van der Waals surface area (Å²) in [5.41, 5.74) is 1.75. The SMILES string of the molecule is Cc1csc(C(=O)NC(CO)c2ccccc2)c1Cl. The molecule has 2 N–H and O–H groups in total. The number of hydrogen-bond acceptors (Lipinski definition) is 3. The van der Waals surface area contributed by atoms with Crippen LogP contribution in [0.2, 0.25) is 5.02 Å². The molecule has 1 heterocycles. The van der Waals surface area contributed by atoms with Crippen LogP contribution in [0.3, 0.4) is 0 Å². The summed E-state index contributed by atoms with van der Waals surface area (Å²) in [6.45, 7) is 1.70. The Kier molecular flexibility index (Phi) is 4.58. The quantitative estimate of drug-likeness (QED) is 0.910. The fourth-order valence-corrected chi connectivity index (χ4v) is 2.91. The predicted molar refractivity (Wildman–Crippen MR) is 77.8 cm³/mol. The van der Waals surface area contributed by atoms with Gasteiger partial charge in [-0.2, -0.15) is 0 Å². The van der Waals surface area contributed by atoms with Gasteiger partial charge >= 0.3 is 0 Å². The molecule has 5 heteroatoms. The van der Waals surface area contributed by atoms with Crippen LogP contribution in [-0.2, 0) is 0 Å². The second-order valence-corrected chi connectivity index (χ2v) is 5.44. The van der Waals surface area contributed by atoms with Crippen LogP contribution in [0, 0.1) is 6.92 Å². The smallest absolute Gasteiger partial charge is 0.263 e. The van der Waals surface area contributed by atoms with E-state index < -0.39 is 6.04 Å². The first kappa shape index (κ1) is 14.1. The maximum absolute atomic E-state index is 12.1. The number of aryl methyl sites for hydroxylation is 1. The summed E-state index contributed by atoms with van der Waals surface area (Å²) in [6, 6.07) is 8.93. The van der Waals surface area contributed by atoms with Crippen LogP contribution in [0.5, 0.6) is 0 Å². The van der Waals surface area contributed by atoms with Crippen molar-refractivity contribution in [3.63, 3.8) is 0 Å². The Morgan fingerprint density at radius 2 is 2.11 bits per heavy atom. The van der Waals surface area contributed by atoms with E-state index in [4.69, 9.17) is 11.6 Å². The number of amides is 1. The molecular formula is C14H14ClNO2S. The van der Waals surface area contributed by atoms with Gasteiger partial charge in [0.2, 0.25) is 0 Å². The summed E-state index contributed by atoms with van der Waals surface area (Å²) in [4.78, 5) is 12.6. The average molecular weight is 296 g/mol. The Bertz CT molecular complexity index is 568. The van der Waals surface area contributed by atoms with Gasteiger partial charge in [0, 0.05) is 0 Å². The number of nitrogens with one attached hydrogen (secondary N) is 1. The zero-order chi connectivity index (χ0) is 13.8. The molecule has 19 heavy (non-hydrogen) atoms. The number of benzene rings is 1. The molecule has 2 rings (SSSR count). The van der Waals surface area contributed by atoms with Crippen molar-refractivity contribution in [2.75, 3.05) is 6.61 Å². The molecule has 0 spiro atoms. The number of hydrogen-bond donors (Lipinski definition) is 2. The molecule has 0 bridgehead atoms. The van der Waals surface area contributed by atoms with E-state index in [2.05, 4.69) is 5.32 Å². The van der Waals surface area contributed by atoms with Gasteiger partial charge in [0.25, 0.3) is 5.91 Å². The number of aliphatic hydroxyl groups is 1. The van der Waals surface area contributed by atoms with Crippen molar-refractivity contribution in [3.8, 4) is 0 Å². The minimum Gasteiger partial charge on any atom is -0.394 e. The number of thiophene rings is 1. The second-order valence-electron chi connectivity index (χ2n) is 4.18. The van der Waals surface area contributed by atoms with Crippen molar-refractivity contribution in [1.82, 2.24) is 5.32 Å². The highest BCUT2D eigenvalue weighted by Crippen LogP contribution is 2.27. The molecule has 0 radical (unpaired) electrons. The van der Waals surface area contributed by atoms with Gasteiger partial charge in [0.15, 0.2) is 0 Å². The van der Waals surface area contributed by atoms with E-state index in [1.165, 1.54) is 11.3 Å². The third-order valence-electron chi connectivity index (χ3n) is 2.80. The van der Waals surface area contributed by atoms with E-state index >= 15 is 0 Å². The van der Waals surface area contributed by atoms with Crippen LogP contribution in [-0.4, -0.2) is 17.6 Å². The summed E-state index contributed by atoms with van der Waals surface area (Å²) in [6.07, 6.45) is 0. The largest absolute Gasteiger partial charge is 0.394 e. The summed E-state index contributed by atoms with van der Waals surface area (Å²) in [5.74, 6) is -0.258. The fourth-order valence-electron chi connectivity index (χ4n) is 1.73. The van der Waals surface area contributed by atoms with Crippen molar-refractivity contribution in [1.29, 1.82) is 0 Å². The van der Waals surface area contributed by atoms with Gasteiger partial charge in [-0.25, -0.2) is 0 Å². The van der Waals surface area contributed by atoms with Crippen LogP contribution < -0.4 is 5.32 Å². The first-order valence-corrected chi connectivity index (χ1v) is 7.09. The van der Waals surface area contributed by atoms with Crippen molar-refractivity contribution >= 4 is 28.8 Å². The van der Waals surface area contributed by atoms with Gasteiger partial charge in [-0.05, 0) is 23.4 Å². The Hall–Kier alpha value is -1.36. The number of carbonyl (C=O) groups is 1. The van der Waals surface area contributed by atoms with Crippen LogP contribution >= 0.6 is 22.9 Å². The van der Waals surface area contributed by atoms with Crippen molar-refractivity contribution in [3.05, 3.63) is 56.7 Å². The number of aliphatic hydroxyl groups excluding tert-OH is 1. The monoisotopic (exact) mass is 295 g/mol. The van der Waals surface area contributed by atoms with Crippen LogP contribution in [0.15, 0.2) is 35.7 Å². The normalized spacial score (nSPS) is 12.2. The third-order valence-corrected chi connectivity index (χ3v) is 4.49. The van der Waals surface area contributed by atoms with E-state index in [0.717, 1.165) is 11.1 Å². The topological polar surface area (TPSA) is 49.3 Å². The minimum absolute atomic E-state index is 0.155. The van der Waals surface area contributed by atoms with E-state index in [1.54, 1.807) is 0 Å². The molecule has 1 atom stereocenters. The summed E-state index contributed by atoms with van der Waals surface area (Å²) in [7, 11) is 0. The molecule has 2 aromatic rings. The zero-order valence-corrected chi connectivity index (χ0v) is 12.0. The highest BCUT2D eigenvalue weighted by atomic mass is 35.5. The molecule has 1 aromatic carbocycles. The first-order chi connectivity index (χ1) is 9.13. The molecule has 0 aliphatic rings. The molecule has 1 unspecified atom stereocenters. The Labute approximate surface area is 120 Å². The van der Waals surface area contributed by atoms with Crippen molar-refractivity contribution < 1.29 is 9.90 Å². The van der Waals surface area contributed by atoms with Crippen molar-refractivity contribution in [2.45, 2.75) is 13.0 Å². The highest BCUT2D eigenvalue weighted by Gasteiger charge is 2.19. The van der Waals surface area contributed by atoms with Crippen molar-refractivity contribution in [2.24, 2.45) is 0 Å². The Morgan fingerprint density at radius 1 is 1.42 bits per heavy atom. The third kappa shape index (κ3) is 3.15. The lowest BCUT2D eigenvalue weighted by Crippen LogP contribution is -2.30. The Balaban J connectivity index is 2.15. The van der Waals surface area contributed by atoms with E-state index in [1.807, 2.05) is 42.6 Å². The van der Waals surface area contributed by atoms with Crippen LogP contribution in [0.25, 0.3) is 0 Å². The molecule has 0 fully saturated rings. The standard InChI is InChI=1S/C14H14ClNO2S/c1-9-8-19-13(12(9)15)14(18)16-11(7-17)10-5-3-2-4-6-10/h2-6,8,11,17H,7H2,1H3,(H,16,18). The minimum atomic E-state index is -0.424. The van der Waals surface area contributed by atoms with Gasteiger partial charge in [-0.15, -0.1) is 11.3 Å². The van der Waals surface area contributed by atoms with Gasteiger partial charge in [-0.1, -0.05) is 41.9 Å². The average Bonchev–Trinajstić information content (AvgIpc) is 2.77. The second kappa shape index (κ2) is 6.19. The first-order valence-electron chi connectivity index (χ1n) is 5.83. The number of carbonyl (C=O) groups excluding carboxylic acids is 1. The molecule has 1 aromatic heterocycles. The maximum atomic E-state index is 12.1. The van der Waals surface area contributed by atoms with Crippen LogP contribution in [0.4, 0.5) is 0 Å². The highest BCUT2D eigenvalue weighted by molar-refractivity contribution is 7.13. The lowest BCUT2D eigenvalue weighted by molar-refractivity contribution is 0.0920. The Morgan fingerprint density at radius 3 is 2.63 bits per heavy atom. The molecule has 0 aliphatic heterocycles. The maximum Gasteiger partial charge on any atom is 0.263 e.